The number of benzene rings is 2. The predicted octanol–water partition coefficient (Wildman–Crippen LogP) is 4.31. The Morgan fingerprint density at radius 3 is 2.21 bits per heavy atom. The summed E-state index contributed by atoms with van der Waals surface area (Å²) in [6.07, 6.45) is 1.68. The molecule has 4 rings (SSSR count). The third-order valence-corrected chi connectivity index (χ3v) is 6.92. The molecule has 2 amide bonds. The molecule has 2 aliphatic rings. The van der Waals surface area contributed by atoms with Crippen molar-refractivity contribution < 1.29 is 24.2 Å². The van der Waals surface area contributed by atoms with Gasteiger partial charge in [0, 0.05) is 18.4 Å². The quantitative estimate of drug-likeness (QED) is 0.540. The average molecular weight is 465 g/mol. The van der Waals surface area contributed by atoms with E-state index >= 15 is 0 Å². The van der Waals surface area contributed by atoms with Gasteiger partial charge in [-0.1, -0.05) is 62.4 Å². The number of fused-ring (bicyclic) bond motifs is 3. The van der Waals surface area contributed by atoms with E-state index < -0.39 is 18.1 Å². The van der Waals surface area contributed by atoms with Gasteiger partial charge < -0.3 is 20.5 Å². The zero-order valence-corrected chi connectivity index (χ0v) is 19.6. The van der Waals surface area contributed by atoms with Gasteiger partial charge in [-0.25, -0.2) is 4.79 Å². The Morgan fingerprint density at radius 2 is 1.62 bits per heavy atom. The number of carboxylic acids is 1. The lowest BCUT2D eigenvalue weighted by atomic mass is 9.98. The van der Waals surface area contributed by atoms with Gasteiger partial charge in [0.25, 0.3) is 0 Å². The van der Waals surface area contributed by atoms with E-state index in [0.717, 1.165) is 35.1 Å². The smallest absolute Gasteiger partial charge is 0.407 e. The molecular formula is C27H32N2O5. The number of amides is 2. The van der Waals surface area contributed by atoms with Crippen LogP contribution in [0.3, 0.4) is 0 Å². The lowest BCUT2D eigenvalue weighted by Crippen LogP contribution is -2.52. The van der Waals surface area contributed by atoms with Gasteiger partial charge in [0.05, 0.1) is 0 Å². The van der Waals surface area contributed by atoms with Crippen LogP contribution in [0.15, 0.2) is 48.5 Å². The number of ether oxygens (including phenoxy) is 1. The van der Waals surface area contributed by atoms with Crippen molar-refractivity contribution in [2.75, 3.05) is 6.61 Å². The Kier molecular flexibility index (Phi) is 7.20. The molecule has 0 saturated heterocycles. The summed E-state index contributed by atoms with van der Waals surface area (Å²) >= 11 is 0. The zero-order chi connectivity index (χ0) is 24.2. The fraction of sp³-hybridized carbons (Fsp3) is 0.444. The minimum Gasteiger partial charge on any atom is -0.481 e. The van der Waals surface area contributed by atoms with Crippen LogP contribution in [0.4, 0.5) is 4.79 Å². The van der Waals surface area contributed by atoms with Gasteiger partial charge in [0.1, 0.15) is 12.6 Å². The number of carbonyl (C=O) groups excluding carboxylic acids is 2. The van der Waals surface area contributed by atoms with Crippen LogP contribution in [0.2, 0.25) is 0 Å². The number of alkyl carbamates (subject to hydrolysis) is 1. The topological polar surface area (TPSA) is 105 Å². The summed E-state index contributed by atoms with van der Waals surface area (Å²) in [6, 6.07) is 15.5. The van der Waals surface area contributed by atoms with Crippen LogP contribution in [0.25, 0.3) is 11.1 Å². The average Bonchev–Trinajstić information content (AvgIpc) is 3.37. The normalized spacial score (nSPS) is 19.9. The summed E-state index contributed by atoms with van der Waals surface area (Å²) < 4.78 is 5.61. The monoisotopic (exact) mass is 464 g/mol. The molecule has 0 aliphatic heterocycles. The van der Waals surface area contributed by atoms with E-state index in [4.69, 9.17) is 9.84 Å². The second-order valence-corrected chi connectivity index (χ2v) is 9.67. The molecule has 0 heterocycles. The van der Waals surface area contributed by atoms with E-state index in [9.17, 15) is 14.4 Å². The Balaban J connectivity index is 1.34. The van der Waals surface area contributed by atoms with Crippen molar-refractivity contribution in [3.63, 3.8) is 0 Å². The maximum absolute atomic E-state index is 12.9. The highest BCUT2D eigenvalue weighted by Gasteiger charge is 2.32. The van der Waals surface area contributed by atoms with Crippen LogP contribution in [0.5, 0.6) is 0 Å². The highest BCUT2D eigenvalue weighted by atomic mass is 16.5. The minimum atomic E-state index is -0.811. The summed E-state index contributed by atoms with van der Waals surface area (Å²) in [5.41, 5.74) is 4.58. The number of hydrogen-bond acceptors (Lipinski definition) is 4. The highest BCUT2D eigenvalue weighted by molar-refractivity contribution is 5.86. The van der Waals surface area contributed by atoms with Crippen LogP contribution in [-0.4, -0.2) is 41.8 Å². The minimum absolute atomic E-state index is 0.0471. The standard InChI is InChI=1S/C27H32N2O5/c1-16(2)25(26(32)28-18-12-11-17(13-18)14-24(30)31)29-27(33)34-15-23-21-9-5-3-7-19(21)20-8-4-6-10-22(20)23/h3-10,16-18,23,25H,11-15H2,1-2H3,(H,28,32)(H,29,33)(H,30,31). The number of nitrogens with one attached hydrogen (secondary N) is 2. The fourth-order valence-corrected chi connectivity index (χ4v) is 5.23. The molecule has 7 nitrogen and oxygen atoms in total. The fourth-order valence-electron chi connectivity index (χ4n) is 5.23. The molecule has 2 aromatic rings. The van der Waals surface area contributed by atoms with Gasteiger partial charge in [0.15, 0.2) is 0 Å². The Labute approximate surface area is 199 Å². The van der Waals surface area contributed by atoms with Crippen molar-refractivity contribution in [3.8, 4) is 11.1 Å². The van der Waals surface area contributed by atoms with Crippen molar-refractivity contribution in [1.29, 1.82) is 0 Å². The molecule has 34 heavy (non-hydrogen) atoms. The third kappa shape index (κ3) is 5.24. The van der Waals surface area contributed by atoms with Gasteiger partial charge in [0.2, 0.25) is 5.91 Å². The SMILES string of the molecule is CC(C)C(NC(=O)OCC1c2ccccc2-c2ccccc21)C(=O)NC1CCC(CC(=O)O)C1. The first-order valence-corrected chi connectivity index (χ1v) is 12.0. The van der Waals surface area contributed by atoms with Crippen LogP contribution in [0, 0.1) is 11.8 Å². The summed E-state index contributed by atoms with van der Waals surface area (Å²) in [6.45, 7) is 3.93. The number of hydrogen-bond donors (Lipinski definition) is 3. The van der Waals surface area contributed by atoms with E-state index in [0.29, 0.717) is 6.42 Å². The molecule has 0 aromatic heterocycles. The Bertz CT molecular complexity index is 1020. The summed E-state index contributed by atoms with van der Waals surface area (Å²) in [5.74, 6) is -1.17. The lowest BCUT2D eigenvalue weighted by Gasteiger charge is -2.24. The van der Waals surface area contributed by atoms with E-state index in [1.54, 1.807) is 0 Å². The van der Waals surface area contributed by atoms with Crippen molar-refractivity contribution in [3.05, 3.63) is 59.7 Å². The molecule has 2 aromatic carbocycles. The number of carboxylic acid groups (broad SMARTS) is 1. The van der Waals surface area contributed by atoms with Gasteiger partial charge in [-0.15, -0.1) is 0 Å². The maximum atomic E-state index is 12.9. The van der Waals surface area contributed by atoms with Crippen molar-refractivity contribution >= 4 is 18.0 Å². The first-order valence-electron chi connectivity index (χ1n) is 12.0. The lowest BCUT2D eigenvalue weighted by molar-refractivity contribution is -0.138. The Morgan fingerprint density at radius 1 is 1.00 bits per heavy atom. The number of rotatable bonds is 8. The molecule has 180 valence electrons. The molecule has 1 fully saturated rings. The molecule has 0 bridgehead atoms. The molecule has 0 spiro atoms. The van der Waals surface area contributed by atoms with E-state index in [1.165, 1.54) is 0 Å². The highest BCUT2D eigenvalue weighted by Crippen LogP contribution is 2.44. The Hall–Kier alpha value is -3.35. The van der Waals surface area contributed by atoms with Gasteiger partial charge in [-0.2, -0.15) is 0 Å². The number of aliphatic carboxylic acids is 1. The van der Waals surface area contributed by atoms with E-state index in [-0.39, 0.29) is 42.7 Å². The molecule has 2 aliphatic carbocycles. The molecule has 3 atom stereocenters. The van der Waals surface area contributed by atoms with Crippen molar-refractivity contribution in [2.24, 2.45) is 11.8 Å². The van der Waals surface area contributed by atoms with Crippen LogP contribution < -0.4 is 10.6 Å². The first kappa shape index (κ1) is 23.8. The molecular weight excluding hydrogens is 432 g/mol. The second-order valence-electron chi connectivity index (χ2n) is 9.67. The summed E-state index contributed by atoms with van der Waals surface area (Å²) in [7, 11) is 0. The zero-order valence-electron chi connectivity index (χ0n) is 19.6. The second kappa shape index (κ2) is 10.3. The molecule has 3 N–H and O–H groups in total. The van der Waals surface area contributed by atoms with Crippen molar-refractivity contribution in [2.45, 2.75) is 57.5 Å². The first-order chi connectivity index (χ1) is 16.3. The molecule has 0 radical (unpaired) electrons. The van der Waals surface area contributed by atoms with E-state index in [2.05, 4.69) is 34.9 Å². The van der Waals surface area contributed by atoms with Crippen molar-refractivity contribution in [1.82, 2.24) is 10.6 Å². The molecule has 7 heteroatoms. The summed E-state index contributed by atoms with van der Waals surface area (Å²) in [4.78, 5) is 36.5. The van der Waals surface area contributed by atoms with Gasteiger partial charge in [-0.3, -0.25) is 9.59 Å². The predicted molar refractivity (Wildman–Crippen MR) is 128 cm³/mol. The largest absolute Gasteiger partial charge is 0.481 e. The van der Waals surface area contributed by atoms with Gasteiger partial charge >= 0.3 is 12.1 Å². The van der Waals surface area contributed by atoms with Crippen LogP contribution >= 0.6 is 0 Å². The molecule has 1 saturated carbocycles. The summed E-state index contributed by atoms with van der Waals surface area (Å²) in [5, 5.41) is 14.7. The molecule has 3 unspecified atom stereocenters. The maximum Gasteiger partial charge on any atom is 0.407 e. The van der Waals surface area contributed by atoms with Crippen LogP contribution in [0.1, 0.15) is 56.6 Å². The number of carbonyl (C=O) groups is 3. The van der Waals surface area contributed by atoms with Crippen LogP contribution in [-0.2, 0) is 14.3 Å². The van der Waals surface area contributed by atoms with E-state index in [1.807, 2.05) is 38.1 Å². The third-order valence-electron chi connectivity index (χ3n) is 6.92. The van der Waals surface area contributed by atoms with Gasteiger partial charge in [-0.05, 0) is 53.4 Å².